The Hall–Kier alpha value is -0.380. The molecule has 1 unspecified atom stereocenters. The summed E-state index contributed by atoms with van der Waals surface area (Å²) < 4.78 is 0. The number of nitrogens with one attached hydrogen (secondary N) is 1. The van der Waals surface area contributed by atoms with Crippen molar-refractivity contribution in [1.29, 1.82) is 0 Å². The zero-order valence-electron chi connectivity index (χ0n) is 10.1. The molecule has 0 bridgehead atoms. The fraction of sp³-hybridized carbons (Fsp3) is 0.692. The molecular formula is C13H23NOS. The van der Waals surface area contributed by atoms with E-state index in [9.17, 15) is 0 Å². The van der Waals surface area contributed by atoms with E-state index in [4.69, 9.17) is 5.11 Å². The number of aliphatic hydroxyl groups is 1. The SMILES string of the molecule is CCCC(NCCCCCO)c1cccs1. The molecule has 1 atom stereocenters. The van der Waals surface area contributed by atoms with Crippen LogP contribution >= 0.6 is 11.3 Å². The fourth-order valence-corrected chi connectivity index (χ4v) is 2.65. The molecule has 0 saturated heterocycles. The van der Waals surface area contributed by atoms with Gasteiger partial charge in [-0.05, 0) is 43.7 Å². The second-order valence-electron chi connectivity index (χ2n) is 4.10. The normalized spacial score (nSPS) is 12.9. The van der Waals surface area contributed by atoms with Crippen LogP contribution in [0.2, 0.25) is 0 Å². The van der Waals surface area contributed by atoms with Gasteiger partial charge in [0.2, 0.25) is 0 Å². The van der Waals surface area contributed by atoms with Gasteiger partial charge in [0.25, 0.3) is 0 Å². The third kappa shape index (κ3) is 5.10. The summed E-state index contributed by atoms with van der Waals surface area (Å²) in [4.78, 5) is 1.45. The lowest BCUT2D eigenvalue weighted by Crippen LogP contribution is -2.21. The molecule has 1 heterocycles. The first-order valence-electron chi connectivity index (χ1n) is 6.26. The maximum absolute atomic E-state index is 8.69. The molecule has 2 nitrogen and oxygen atoms in total. The van der Waals surface area contributed by atoms with Crippen LogP contribution in [0.25, 0.3) is 0 Å². The molecule has 2 N–H and O–H groups in total. The summed E-state index contributed by atoms with van der Waals surface area (Å²) in [5.74, 6) is 0. The Labute approximate surface area is 103 Å². The highest BCUT2D eigenvalue weighted by Gasteiger charge is 2.09. The molecule has 1 aromatic rings. The number of thiophene rings is 1. The summed E-state index contributed by atoms with van der Waals surface area (Å²) in [6.45, 7) is 3.61. The predicted molar refractivity (Wildman–Crippen MR) is 70.9 cm³/mol. The van der Waals surface area contributed by atoms with Crippen molar-refractivity contribution >= 4 is 11.3 Å². The van der Waals surface area contributed by atoms with E-state index in [0.717, 1.165) is 25.8 Å². The summed E-state index contributed by atoms with van der Waals surface area (Å²) in [5, 5.41) is 14.4. The molecule has 0 aliphatic rings. The molecule has 0 aliphatic heterocycles. The van der Waals surface area contributed by atoms with Crippen molar-refractivity contribution in [2.45, 2.75) is 45.1 Å². The van der Waals surface area contributed by atoms with Crippen molar-refractivity contribution in [3.63, 3.8) is 0 Å². The van der Waals surface area contributed by atoms with Crippen LogP contribution in [-0.4, -0.2) is 18.3 Å². The van der Waals surface area contributed by atoms with Gasteiger partial charge in [0.1, 0.15) is 0 Å². The Morgan fingerprint density at radius 3 is 2.88 bits per heavy atom. The smallest absolute Gasteiger partial charge is 0.0431 e. The quantitative estimate of drug-likeness (QED) is 0.650. The Bertz CT molecular complexity index is 248. The molecule has 0 spiro atoms. The predicted octanol–water partition coefficient (Wildman–Crippen LogP) is 3.34. The molecule has 0 fully saturated rings. The van der Waals surface area contributed by atoms with Crippen LogP contribution in [0.1, 0.15) is 49.9 Å². The van der Waals surface area contributed by atoms with Gasteiger partial charge in [-0.3, -0.25) is 0 Å². The lowest BCUT2D eigenvalue weighted by molar-refractivity contribution is 0.282. The first kappa shape index (κ1) is 13.7. The number of hydrogen-bond acceptors (Lipinski definition) is 3. The summed E-state index contributed by atoms with van der Waals surface area (Å²) >= 11 is 1.84. The van der Waals surface area contributed by atoms with E-state index in [1.54, 1.807) is 0 Å². The number of rotatable bonds is 9. The van der Waals surface area contributed by atoms with E-state index < -0.39 is 0 Å². The van der Waals surface area contributed by atoms with Gasteiger partial charge in [-0.1, -0.05) is 19.4 Å². The molecule has 1 aromatic heterocycles. The van der Waals surface area contributed by atoms with Crippen molar-refractivity contribution < 1.29 is 5.11 Å². The van der Waals surface area contributed by atoms with E-state index >= 15 is 0 Å². The maximum Gasteiger partial charge on any atom is 0.0431 e. The highest BCUT2D eigenvalue weighted by atomic mass is 32.1. The van der Waals surface area contributed by atoms with Gasteiger partial charge in [0.05, 0.1) is 0 Å². The Morgan fingerprint density at radius 2 is 2.25 bits per heavy atom. The van der Waals surface area contributed by atoms with Gasteiger partial charge in [-0.25, -0.2) is 0 Å². The largest absolute Gasteiger partial charge is 0.396 e. The zero-order chi connectivity index (χ0) is 11.6. The molecule has 0 saturated carbocycles. The van der Waals surface area contributed by atoms with E-state index in [1.807, 2.05) is 11.3 Å². The summed E-state index contributed by atoms with van der Waals surface area (Å²) in [6.07, 6.45) is 5.63. The minimum absolute atomic E-state index is 0.323. The van der Waals surface area contributed by atoms with Crippen LogP contribution < -0.4 is 5.32 Å². The zero-order valence-corrected chi connectivity index (χ0v) is 10.9. The fourth-order valence-electron chi connectivity index (χ4n) is 1.81. The minimum Gasteiger partial charge on any atom is -0.396 e. The molecule has 92 valence electrons. The maximum atomic E-state index is 8.69. The molecule has 0 aliphatic carbocycles. The Balaban J connectivity index is 2.24. The number of hydrogen-bond donors (Lipinski definition) is 2. The van der Waals surface area contributed by atoms with Gasteiger partial charge in [-0.15, -0.1) is 11.3 Å². The third-order valence-electron chi connectivity index (χ3n) is 2.69. The average molecular weight is 241 g/mol. The summed E-state index contributed by atoms with van der Waals surface area (Å²) in [5.41, 5.74) is 0. The molecule has 0 radical (unpaired) electrons. The standard InChI is InChI=1S/C13H23NOS/c1-2-7-12(13-8-6-11-16-13)14-9-4-3-5-10-15/h6,8,11-12,14-15H,2-5,7,9-10H2,1H3. The average Bonchev–Trinajstić information content (AvgIpc) is 2.81. The topological polar surface area (TPSA) is 32.3 Å². The van der Waals surface area contributed by atoms with Crippen molar-refractivity contribution in [3.8, 4) is 0 Å². The molecule has 16 heavy (non-hydrogen) atoms. The Kier molecular flexibility index (Phi) is 7.47. The molecule has 3 heteroatoms. The van der Waals surface area contributed by atoms with Crippen molar-refractivity contribution in [1.82, 2.24) is 5.32 Å². The van der Waals surface area contributed by atoms with Gasteiger partial charge < -0.3 is 10.4 Å². The first-order chi connectivity index (χ1) is 7.88. The van der Waals surface area contributed by atoms with Gasteiger partial charge in [-0.2, -0.15) is 0 Å². The lowest BCUT2D eigenvalue weighted by Gasteiger charge is -2.16. The van der Waals surface area contributed by atoms with Crippen LogP contribution in [0.15, 0.2) is 17.5 Å². The van der Waals surface area contributed by atoms with Crippen molar-refractivity contribution in [2.24, 2.45) is 0 Å². The van der Waals surface area contributed by atoms with Crippen LogP contribution in [-0.2, 0) is 0 Å². The van der Waals surface area contributed by atoms with Crippen LogP contribution in [0.3, 0.4) is 0 Å². The number of aliphatic hydroxyl groups excluding tert-OH is 1. The first-order valence-corrected chi connectivity index (χ1v) is 7.14. The molecule has 0 amide bonds. The molecule has 0 aromatic carbocycles. The number of unbranched alkanes of at least 4 members (excludes halogenated alkanes) is 2. The van der Waals surface area contributed by atoms with E-state index in [0.29, 0.717) is 12.6 Å². The highest BCUT2D eigenvalue weighted by molar-refractivity contribution is 7.10. The highest BCUT2D eigenvalue weighted by Crippen LogP contribution is 2.23. The summed E-state index contributed by atoms with van der Waals surface area (Å²) in [6, 6.07) is 4.86. The van der Waals surface area contributed by atoms with Crippen molar-refractivity contribution in [2.75, 3.05) is 13.2 Å². The van der Waals surface area contributed by atoms with E-state index in [-0.39, 0.29) is 0 Å². The molecular weight excluding hydrogens is 218 g/mol. The Morgan fingerprint density at radius 1 is 1.38 bits per heavy atom. The van der Waals surface area contributed by atoms with Gasteiger partial charge in [0.15, 0.2) is 0 Å². The van der Waals surface area contributed by atoms with Crippen LogP contribution in [0, 0.1) is 0 Å². The van der Waals surface area contributed by atoms with E-state index in [1.165, 1.54) is 17.7 Å². The van der Waals surface area contributed by atoms with E-state index in [2.05, 4.69) is 29.8 Å². The van der Waals surface area contributed by atoms with Crippen LogP contribution in [0.4, 0.5) is 0 Å². The summed E-state index contributed by atoms with van der Waals surface area (Å²) in [7, 11) is 0. The minimum atomic E-state index is 0.323. The second-order valence-corrected chi connectivity index (χ2v) is 5.07. The lowest BCUT2D eigenvalue weighted by atomic mass is 10.1. The third-order valence-corrected chi connectivity index (χ3v) is 3.68. The molecule has 1 rings (SSSR count). The van der Waals surface area contributed by atoms with Gasteiger partial charge >= 0.3 is 0 Å². The second kappa shape index (κ2) is 8.74. The van der Waals surface area contributed by atoms with Crippen LogP contribution in [0.5, 0.6) is 0 Å². The van der Waals surface area contributed by atoms with Crippen molar-refractivity contribution in [3.05, 3.63) is 22.4 Å². The monoisotopic (exact) mass is 241 g/mol. The van der Waals surface area contributed by atoms with Gasteiger partial charge in [0, 0.05) is 17.5 Å².